The van der Waals surface area contributed by atoms with Crippen LogP contribution in [-0.2, 0) is 4.79 Å². The predicted molar refractivity (Wildman–Crippen MR) is 96.4 cm³/mol. The number of hydrogen-bond donors (Lipinski definition) is 0. The van der Waals surface area contributed by atoms with Gasteiger partial charge in [0.25, 0.3) is 0 Å². The number of fused-ring (bicyclic) bond motifs is 2. The minimum absolute atomic E-state index is 0.0814. The van der Waals surface area contributed by atoms with E-state index in [-0.39, 0.29) is 5.78 Å². The summed E-state index contributed by atoms with van der Waals surface area (Å²) in [5.41, 5.74) is 3.29. The molecule has 0 amide bonds. The second-order valence-electron chi connectivity index (χ2n) is 6.29. The van der Waals surface area contributed by atoms with Crippen molar-refractivity contribution in [2.75, 3.05) is 18.0 Å². The fourth-order valence-electron chi connectivity index (χ4n) is 3.30. The van der Waals surface area contributed by atoms with E-state index in [1.54, 1.807) is 12.2 Å². The first-order valence-corrected chi connectivity index (χ1v) is 10.9. The summed E-state index contributed by atoms with van der Waals surface area (Å²) in [6.07, 6.45) is 5.27. The average molecular weight is 310 g/mol. The van der Waals surface area contributed by atoms with E-state index in [1.165, 1.54) is 10.9 Å². The second-order valence-corrected chi connectivity index (χ2v) is 10.6. The minimum atomic E-state index is -1.89. The number of hydrogen-bond acceptors (Lipinski definition) is 3. The highest BCUT2D eigenvalue weighted by atomic mass is 28.3. The Hall–Kier alpha value is -1.94. The first-order chi connectivity index (χ1) is 10.5. The molecule has 114 valence electrons. The highest BCUT2D eigenvalue weighted by molar-refractivity contribution is 7.01. The lowest BCUT2D eigenvalue weighted by atomic mass is 10.1. The van der Waals surface area contributed by atoms with Crippen LogP contribution in [-0.4, -0.2) is 32.7 Å². The van der Waals surface area contributed by atoms with Gasteiger partial charge in [-0.25, -0.2) is 4.99 Å². The third-order valence-electron chi connectivity index (χ3n) is 4.66. The Morgan fingerprint density at radius 1 is 1.14 bits per heavy atom. The molecule has 22 heavy (non-hydrogen) atoms. The molecule has 0 aromatic heterocycles. The summed E-state index contributed by atoms with van der Waals surface area (Å²) < 4.78 is 0. The van der Waals surface area contributed by atoms with Crippen LogP contribution in [0, 0.1) is 0 Å². The molecule has 0 bridgehead atoms. The largest absolute Gasteiger partial charge is 0.372 e. The summed E-state index contributed by atoms with van der Waals surface area (Å²) >= 11 is 0. The Morgan fingerprint density at radius 3 is 2.55 bits per heavy atom. The molecule has 2 aliphatic rings. The van der Waals surface area contributed by atoms with Gasteiger partial charge in [0.15, 0.2) is 5.78 Å². The van der Waals surface area contributed by atoms with Gasteiger partial charge >= 0.3 is 0 Å². The lowest BCUT2D eigenvalue weighted by molar-refractivity contribution is -0.110. The van der Waals surface area contributed by atoms with Crippen LogP contribution in [0.2, 0.25) is 13.1 Å². The predicted octanol–water partition coefficient (Wildman–Crippen LogP) is 3.14. The van der Waals surface area contributed by atoms with E-state index in [9.17, 15) is 4.79 Å². The van der Waals surface area contributed by atoms with E-state index >= 15 is 0 Å². The molecule has 1 aliphatic heterocycles. The Balaban J connectivity index is 2.16. The number of anilines is 1. The van der Waals surface area contributed by atoms with E-state index in [0.29, 0.717) is 0 Å². The van der Waals surface area contributed by atoms with Crippen molar-refractivity contribution in [2.45, 2.75) is 26.9 Å². The molecule has 0 saturated heterocycles. The zero-order chi connectivity index (χ0) is 15.9. The molecule has 1 aromatic carbocycles. The van der Waals surface area contributed by atoms with Crippen LogP contribution in [0.1, 0.15) is 13.8 Å². The summed E-state index contributed by atoms with van der Waals surface area (Å²) in [6, 6.07) is 6.58. The molecule has 0 fully saturated rings. The van der Waals surface area contributed by atoms with Gasteiger partial charge in [0.1, 0.15) is 8.07 Å². The van der Waals surface area contributed by atoms with Crippen molar-refractivity contribution in [2.24, 2.45) is 4.99 Å². The van der Waals surface area contributed by atoms with Crippen LogP contribution in [0.4, 0.5) is 11.4 Å². The fourth-order valence-corrected chi connectivity index (χ4v) is 6.16. The van der Waals surface area contributed by atoms with Crippen LogP contribution in [0.3, 0.4) is 0 Å². The van der Waals surface area contributed by atoms with Crippen molar-refractivity contribution < 1.29 is 4.79 Å². The number of allylic oxidation sites excluding steroid dienone is 4. The summed E-state index contributed by atoms with van der Waals surface area (Å²) in [4.78, 5) is 18.9. The summed E-state index contributed by atoms with van der Waals surface area (Å²) in [5.74, 6) is 0.0814. The molecule has 1 heterocycles. The molecule has 4 heteroatoms. The Bertz CT molecular complexity index is 725. The summed E-state index contributed by atoms with van der Waals surface area (Å²) in [5, 5.41) is 2.49. The standard InChI is InChI=1S/C18H22N2OSi/c1-5-20(6-2)13-7-9-15-17(11-13)22(3,4)18-12-14(21)8-10-16(18)19-15/h7-12H,5-6H2,1-4H3. The Morgan fingerprint density at radius 2 is 1.86 bits per heavy atom. The maximum atomic E-state index is 11.8. The first-order valence-electron chi connectivity index (χ1n) is 7.90. The third-order valence-corrected chi connectivity index (χ3v) is 8.16. The van der Waals surface area contributed by atoms with Crippen molar-refractivity contribution in [1.82, 2.24) is 0 Å². The van der Waals surface area contributed by atoms with Crippen molar-refractivity contribution in [3.05, 3.63) is 41.6 Å². The van der Waals surface area contributed by atoms with E-state index < -0.39 is 8.07 Å². The number of ketones is 1. The third kappa shape index (κ3) is 2.27. The first kappa shape index (κ1) is 15.0. The van der Waals surface area contributed by atoms with Crippen molar-refractivity contribution in [3.63, 3.8) is 0 Å². The maximum absolute atomic E-state index is 11.8. The lowest BCUT2D eigenvalue weighted by Crippen LogP contribution is -2.49. The van der Waals surface area contributed by atoms with Crippen molar-refractivity contribution in [3.8, 4) is 0 Å². The number of nitrogens with zero attached hydrogens (tertiary/aromatic N) is 2. The molecule has 0 unspecified atom stereocenters. The Kier molecular flexibility index (Phi) is 3.65. The molecule has 3 nitrogen and oxygen atoms in total. The minimum Gasteiger partial charge on any atom is -0.372 e. The number of aliphatic imine (C=N–C) groups is 1. The molecule has 1 aromatic rings. The maximum Gasteiger partial charge on any atom is 0.178 e. The number of carbonyl (C=O) groups excluding carboxylic acids is 1. The van der Waals surface area contributed by atoms with E-state index in [0.717, 1.165) is 29.7 Å². The number of benzene rings is 1. The number of carbonyl (C=O) groups is 1. The SMILES string of the molecule is CCN(CC)c1ccc2c(c1)[Si](C)(C)C1=CC(=O)C=CC1=N2. The summed E-state index contributed by atoms with van der Waals surface area (Å²) in [7, 11) is -1.89. The van der Waals surface area contributed by atoms with Gasteiger partial charge in [0.05, 0.1) is 11.4 Å². The Labute approximate surface area is 133 Å². The fraction of sp³-hybridized carbons (Fsp3) is 0.333. The van der Waals surface area contributed by atoms with Gasteiger partial charge < -0.3 is 4.90 Å². The topological polar surface area (TPSA) is 32.7 Å². The summed E-state index contributed by atoms with van der Waals surface area (Å²) in [6.45, 7) is 11.0. The molecule has 0 N–H and O–H groups in total. The zero-order valence-corrected chi connectivity index (χ0v) is 14.7. The molecule has 0 spiro atoms. The molecule has 0 atom stereocenters. The van der Waals surface area contributed by atoms with Crippen LogP contribution in [0.5, 0.6) is 0 Å². The highest BCUT2D eigenvalue weighted by Gasteiger charge is 2.37. The smallest absolute Gasteiger partial charge is 0.178 e. The normalized spacial score (nSPS) is 18.3. The molecule has 0 radical (unpaired) electrons. The molecular formula is C18H22N2OSi. The molecular weight excluding hydrogens is 288 g/mol. The van der Waals surface area contributed by atoms with Crippen LogP contribution in [0.15, 0.2) is 46.6 Å². The average Bonchev–Trinajstić information content (AvgIpc) is 2.50. The lowest BCUT2D eigenvalue weighted by Gasteiger charge is -2.34. The van der Waals surface area contributed by atoms with E-state index in [1.807, 2.05) is 6.08 Å². The highest BCUT2D eigenvalue weighted by Crippen LogP contribution is 2.32. The van der Waals surface area contributed by atoms with Gasteiger partial charge in [-0.3, -0.25) is 4.79 Å². The van der Waals surface area contributed by atoms with Gasteiger partial charge in [-0.2, -0.15) is 0 Å². The van der Waals surface area contributed by atoms with Gasteiger partial charge in [0, 0.05) is 18.8 Å². The molecule has 3 rings (SSSR count). The van der Waals surface area contributed by atoms with Crippen molar-refractivity contribution in [1.29, 1.82) is 0 Å². The molecule has 0 saturated carbocycles. The van der Waals surface area contributed by atoms with Gasteiger partial charge in [-0.05, 0) is 60.7 Å². The molecule has 1 aliphatic carbocycles. The number of rotatable bonds is 3. The van der Waals surface area contributed by atoms with E-state index in [2.05, 4.69) is 50.0 Å². The monoisotopic (exact) mass is 310 g/mol. The van der Waals surface area contributed by atoms with Gasteiger partial charge in [-0.1, -0.05) is 13.1 Å². The van der Waals surface area contributed by atoms with Crippen LogP contribution >= 0.6 is 0 Å². The van der Waals surface area contributed by atoms with Gasteiger partial charge in [-0.15, -0.1) is 0 Å². The van der Waals surface area contributed by atoms with Crippen LogP contribution in [0.25, 0.3) is 0 Å². The quantitative estimate of drug-likeness (QED) is 0.635. The van der Waals surface area contributed by atoms with E-state index in [4.69, 9.17) is 4.99 Å². The van der Waals surface area contributed by atoms with Crippen LogP contribution < -0.4 is 10.1 Å². The zero-order valence-electron chi connectivity index (χ0n) is 13.7. The van der Waals surface area contributed by atoms with Crippen molar-refractivity contribution >= 4 is 36.1 Å². The van der Waals surface area contributed by atoms with Gasteiger partial charge in [0.2, 0.25) is 0 Å². The second kappa shape index (κ2) is 5.36.